The van der Waals surface area contributed by atoms with E-state index < -0.39 is 0 Å². The molecule has 2 heterocycles. The van der Waals surface area contributed by atoms with Crippen LogP contribution < -0.4 is 5.32 Å². The van der Waals surface area contributed by atoms with Gasteiger partial charge in [-0.15, -0.1) is 0 Å². The summed E-state index contributed by atoms with van der Waals surface area (Å²) in [7, 11) is 0. The van der Waals surface area contributed by atoms with Crippen LogP contribution in [-0.2, 0) is 6.42 Å². The number of aromatic nitrogens is 4. The number of amides is 1. The Labute approximate surface area is 144 Å². The molecule has 1 aliphatic carbocycles. The van der Waals surface area contributed by atoms with Gasteiger partial charge in [-0.1, -0.05) is 35.5 Å². The molecular weight excluding hydrogens is 318 g/mol. The van der Waals surface area contributed by atoms with Crippen LogP contribution in [0.3, 0.4) is 0 Å². The highest BCUT2D eigenvalue weighted by atomic mass is 16.6. The van der Waals surface area contributed by atoms with Crippen molar-refractivity contribution in [2.75, 3.05) is 0 Å². The number of nitrogens with zero attached hydrogens (tertiary/aromatic N) is 4. The second kappa shape index (κ2) is 6.43. The summed E-state index contributed by atoms with van der Waals surface area (Å²) in [5, 5.41) is 10.3. The minimum atomic E-state index is -0.288. The van der Waals surface area contributed by atoms with Crippen molar-refractivity contribution in [3.8, 4) is 11.4 Å². The Morgan fingerprint density at radius 3 is 2.84 bits per heavy atom. The summed E-state index contributed by atoms with van der Waals surface area (Å²) < 4.78 is 4.60. The van der Waals surface area contributed by atoms with Gasteiger partial charge in [-0.2, -0.15) is 0 Å². The zero-order chi connectivity index (χ0) is 17.2. The molecule has 7 nitrogen and oxygen atoms in total. The SMILES string of the molecule is Cc1nonc1C(=O)N[C@@H]1CCCc2nc(-c3ccccc3)ncc21. The van der Waals surface area contributed by atoms with Crippen molar-refractivity contribution in [2.45, 2.75) is 32.2 Å². The third-order valence-electron chi connectivity index (χ3n) is 4.39. The van der Waals surface area contributed by atoms with Crippen LogP contribution in [0.15, 0.2) is 41.2 Å². The summed E-state index contributed by atoms with van der Waals surface area (Å²) in [5.74, 6) is 0.423. The van der Waals surface area contributed by atoms with Gasteiger partial charge in [-0.3, -0.25) is 4.79 Å². The number of benzene rings is 1. The third kappa shape index (κ3) is 3.00. The number of hydrogen-bond donors (Lipinski definition) is 1. The lowest BCUT2D eigenvalue weighted by Crippen LogP contribution is -2.32. The van der Waals surface area contributed by atoms with Crippen LogP contribution in [-0.4, -0.2) is 26.2 Å². The second-order valence-corrected chi connectivity index (χ2v) is 6.08. The van der Waals surface area contributed by atoms with Gasteiger partial charge >= 0.3 is 0 Å². The number of carbonyl (C=O) groups excluding carboxylic acids is 1. The standard InChI is InChI=1S/C18H17N5O2/c1-11-16(23-25-22-11)18(24)21-15-9-5-8-14-13(15)10-19-17(20-14)12-6-3-2-4-7-12/h2-4,6-7,10,15H,5,8-9H2,1H3,(H,21,24)/t15-/m1/s1. The van der Waals surface area contributed by atoms with Crippen molar-refractivity contribution in [1.82, 2.24) is 25.6 Å². The van der Waals surface area contributed by atoms with Gasteiger partial charge < -0.3 is 5.32 Å². The predicted octanol–water partition coefficient (Wildman–Crippen LogP) is 2.64. The van der Waals surface area contributed by atoms with Crippen molar-refractivity contribution in [2.24, 2.45) is 0 Å². The first-order valence-electron chi connectivity index (χ1n) is 8.23. The Bertz CT molecular complexity index is 907. The van der Waals surface area contributed by atoms with E-state index in [-0.39, 0.29) is 17.6 Å². The molecule has 25 heavy (non-hydrogen) atoms. The Kier molecular flexibility index (Phi) is 3.97. The molecule has 1 amide bonds. The second-order valence-electron chi connectivity index (χ2n) is 6.08. The van der Waals surface area contributed by atoms with E-state index in [0.717, 1.165) is 36.1 Å². The molecule has 1 N–H and O–H groups in total. The van der Waals surface area contributed by atoms with Gasteiger partial charge in [0.1, 0.15) is 5.69 Å². The van der Waals surface area contributed by atoms with Crippen molar-refractivity contribution >= 4 is 5.91 Å². The average molecular weight is 335 g/mol. The van der Waals surface area contributed by atoms with Crippen molar-refractivity contribution in [3.63, 3.8) is 0 Å². The van der Waals surface area contributed by atoms with Crippen LogP contribution in [0.1, 0.15) is 46.3 Å². The molecule has 1 atom stereocenters. The highest BCUT2D eigenvalue weighted by Crippen LogP contribution is 2.29. The van der Waals surface area contributed by atoms with E-state index in [2.05, 4.69) is 25.2 Å². The molecular formula is C18H17N5O2. The van der Waals surface area contributed by atoms with E-state index >= 15 is 0 Å². The number of carbonyl (C=O) groups is 1. The number of fused-ring (bicyclic) bond motifs is 1. The molecule has 0 saturated carbocycles. The van der Waals surface area contributed by atoms with E-state index in [4.69, 9.17) is 4.98 Å². The molecule has 3 aromatic rings. The molecule has 0 aliphatic heterocycles. The van der Waals surface area contributed by atoms with Gasteiger partial charge in [-0.05, 0) is 31.3 Å². The molecule has 1 aliphatic rings. The number of nitrogens with one attached hydrogen (secondary N) is 1. The van der Waals surface area contributed by atoms with Gasteiger partial charge in [0.15, 0.2) is 11.5 Å². The van der Waals surface area contributed by atoms with Gasteiger partial charge in [0.2, 0.25) is 0 Å². The fourth-order valence-electron chi connectivity index (χ4n) is 3.09. The fourth-order valence-corrected chi connectivity index (χ4v) is 3.09. The maximum absolute atomic E-state index is 12.4. The normalized spacial score (nSPS) is 16.3. The number of rotatable bonds is 3. The first-order valence-corrected chi connectivity index (χ1v) is 8.23. The molecule has 1 aromatic carbocycles. The number of aryl methyl sites for hydroxylation is 2. The topological polar surface area (TPSA) is 93.8 Å². The smallest absolute Gasteiger partial charge is 0.275 e. The summed E-state index contributed by atoms with van der Waals surface area (Å²) in [4.78, 5) is 21.6. The molecule has 0 spiro atoms. The largest absolute Gasteiger partial charge is 0.344 e. The third-order valence-corrected chi connectivity index (χ3v) is 4.39. The van der Waals surface area contributed by atoms with Gasteiger partial charge in [0.25, 0.3) is 5.91 Å². The number of hydrogen-bond acceptors (Lipinski definition) is 6. The summed E-state index contributed by atoms with van der Waals surface area (Å²) in [6.45, 7) is 1.69. The molecule has 0 unspecified atom stereocenters. The maximum atomic E-state index is 12.4. The van der Waals surface area contributed by atoms with E-state index in [1.807, 2.05) is 36.5 Å². The minimum Gasteiger partial charge on any atom is -0.344 e. The summed E-state index contributed by atoms with van der Waals surface area (Å²) >= 11 is 0. The molecule has 7 heteroatoms. The van der Waals surface area contributed by atoms with Crippen LogP contribution in [0.4, 0.5) is 0 Å². The fraction of sp³-hybridized carbons (Fsp3) is 0.278. The lowest BCUT2D eigenvalue weighted by molar-refractivity contribution is 0.0922. The van der Waals surface area contributed by atoms with E-state index in [9.17, 15) is 4.79 Å². The summed E-state index contributed by atoms with van der Waals surface area (Å²) in [5.41, 5.74) is 3.63. The molecule has 0 bridgehead atoms. The quantitative estimate of drug-likeness (QED) is 0.791. The Morgan fingerprint density at radius 2 is 2.08 bits per heavy atom. The Balaban J connectivity index is 1.60. The Hall–Kier alpha value is -3.09. The molecule has 0 fully saturated rings. The Morgan fingerprint density at radius 1 is 1.24 bits per heavy atom. The summed E-state index contributed by atoms with van der Waals surface area (Å²) in [6, 6.07) is 9.75. The summed E-state index contributed by atoms with van der Waals surface area (Å²) in [6.07, 6.45) is 4.51. The van der Waals surface area contributed by atoms with Crippen LogP contribution in [0.5, 0.6) is 0 Å². The molecule has 0 radical (unpaired) electrons. The van der Waals surface area contributed by atoms with Crippen LogP contribution in [0, 0.1) is 6.92 Å². The van der Waals surface area contributed by atoms with E-state index in [0.29, 0.717) is 11.5 Å². The van der Waals surface area contributed by atoms with Crippen LogP contribution in [0.25, 0.3) is 11.4 Å². The monoisotopic (exact) mass is 335 g/mol. The predicted molar refractivity (Wildman–Crippen MR) is 89.6 cm³/mol. The van der Waals surface area contributed by atoms with Crippen molar-refractivity contribution in [1.29, 1.82) is 0 Å². The molecule has 0 saturated heterocycles. The lowest BCUT2D eigenvalue weighted by Gasteiger charge is -2.25. The van der Waals surface area contributed by atoms with Crippen LogP contribution >= 0.6 is 0 Å². The van der Waals surface area contributed by atoms with Gasteiger partial charge in [0.05, 0.1) is 6.04 Å². The first kappa shape index (κ1) is 15.4. The zero-order valence-corrected chi connectivity index (χ0v) is 13.8. The van der Waals surface area contributed by atoms with Crippen molar-refractivity contribution < 1.29 is 9.42 Å². The van der Waals surface area contributed by atoms with Gasteiger partial charge in [0, 0.05) is 23.0 Å². The molecule has 2 aromatic heterocycles. The van der Waals surface area contributed by atoms with E-state index in [1.165, 1.54) is 0 Å². The molecule has 126 valence electrons. The highest BCUT2D eigenvalue weighted by Gasteiger charge is 2.26. The highest BCUT2D eigenvalue weighted by molar-refractivity contribution is 5.93. The lowest BCUT2D eigenvalue weighted by atomic mass is 9.92. The van der Waals surface area contributed by atoms with Crippen LogP contribution in [0.2, 0.25) is 0 Å². The maximum Gasteiger partial charge on any atom is 0.275 e. The van der Waals surface area contributed by atoms with Gasteiger partial charge in [-0.25, -0.2) is 14.6 Å². The zero-order valence-electron chi connectivity index (χ0n) is 13.8. The first-order chi connectivity index (χ1) is 12.2. The van der Waals surface area contributed by atoms with E-state index in [1.54, 1.807) is 6.92 Å². The molecule has 4 rings (SSSR count). The average Bonchev–Trinajstić information content (AvgIpc) is 3.08. The minimum absolute atomic E-state index is 0.128. The van der Waals surface area contributed by atoms with Crippen molar-refractivity contribution in [3.05, 3.63) is 59.2 Å².